The third kappa shape index (κ3) is 2.47. The summed E-state index contributed by atoms with van der Waals surface area (Å²) in [6.07, 6.45) is 6.00. The Morgan fingerprint density at radius 1 is 1.24 bits per heavy atom. The van der Waals surface area contributed by atoms with Crippen LogP contribution in [0.15, 0.2) is 34.7 Å². The lowest BCUT2D eigenvalue weighted by Crippen LogP contribution is -2.60. The fraction of sp³-hybridized carbons (Fsp3) is 0.500. The summed E-state index contributed by atoms with van der Waals surface area (Å²) in [5, 5.41) is 0. The van der Waals surface area contributed by atoms with Crippen molar-refractivity contribution in [1.29, 1.82) is 0 Å². The number of hydrogen-bond donors (Lipinski definition) is 0. The van der Waals surface area contributed by atoms with Crippen molar-refractivity contribution in [3.05, 3.63) is 35.4 Å². The van der Waals surface area contributed by atoms with Crippen molar-refractivity contribution in [2.75, 3.05) is 6.26 Å². The van der Waals surface area contributed by atoms with Gasteiger partial charge in [0.2, 0.25) is 0 Å². The molecule has 4 rings (SSSR count). The number of carbonyl (C=O) groups excluding carboxylic acids is 1. The number of thioether (sulfide) groups is 1. The summed E-state index contributed by atoms with van der Waals surface area (Å²) in [5.41, 5.74) is 1.15. The zero-order chi connectivity index (χ0) is 15.3. The van der Waals surface area contributed by atoms with Gasteiger partial charge >= 0.3 is 0 Å². The molecule has 1 aliphatic carbocycles. The molecule has 2 nitrogen and oxygen atoms in total. The van der Waals surface area contributed by atoms with Crippen LogP contribution < -0.4 is 0 Å². The zero-order valence-corrected chi connectivity index (χ0v) is 13.9. The van der Waals surface area contributed by atoms with Crippen LogP contribution in [0.2, 0.25) is 0 Å². The number of rotatable bonds is 2. The molecule has 1 aromatic rings. The van der Waals surface area contributed by atoms with Gasteiger partial charge in [0.15, 0.2) is 5.78 Å². The first-order valence-electron chi connectivity index (χ1n) is 7.46. The molecular weight excluding hydrogens is 280 g/mol. The first-order chi connectivity index (χ1) is 9.86. The van der Waals surface area contributed by atoms with Gasteiger partial charge < -0.3 is 4.74 Å². The normalized spacial score (nSPS) is 32.7. The van der Waals surface area contributed by atoms with Gasteiger partial charge in [0.25, 0.3) is 0 Å². The third-order valence-corrected chi connectivity index (χ3v) is 5.54. The highest BCUT2D eigenvalue weighted by Crippen LogP contribution is 2.50. The molecule has 3 fully saturated rings. The minimum absolute atomic E-state index is 0.173. The fourth-order valence-corrected chi connectivity index (χ4v) is 4.08. The number of ether oxygens (including phenoxy) is 1. The molecule has 2 bridgehead atoms. The molecule has 1 aromatic carbocycles. The molecule has 0 spiro atoms. The monoisotopic (exact) mass is 302 g/mol. The Labute approximate surface area is 131 Å². The van der Waals surface area contributed by atoms with E-state index in [9.17, 15) is 4.79 Å². The number of fused-ring (bicyclic) bond motifs is 3. The van der Waals surface area contributed by atoms with Gasteiger partial charge in [-0.3, -0.25) is 4.79 Å². The summed E-state index contributed by atoms with van der Waals surface area (Å²) < 4.78 is 6.08. The molecule has 2 aliphatic heterocycles. The number of carbonyl (C=O) groups is 1. The largest absolute Gasteiger partial charge is 0.361 e. The Balaban J connectivity index is 1.99. The molecular formula is C18H22O2S. The van der Waals surface area contributed by atoms with E-state index in [0.717, 1.165) is 24.0 Å². The van der Waals surface area contributed by atoms with Crippen LogP contribution in [0.25, 0.3) is 6.08 Å². The fourth-order valence-electron chi connectivity index (χ4n) is 3.67. The predicted molar refractivity (Wildman–Crippen MR) is 87.5 cm³/mol. The van der Waals surface area contributed by atoms with Crippen molar-refractivity contribution in [3.63, 3.8) is 0 Å². The first kappa shape index (κ1) is 14.9. The van der Waals surface area contributed by atoms with Gasteiger partial charge in [-0.1, -0.05) is 12.1 Å². The number of Topliss-reactive ketones (excluding diaryl/α,β-unsaturated/α-hetero) is 1. The molecule has 112 valence electrons. The SMILES string of the molecule is CSc1ccc(/C=C2\C(=O)C3(C)CCC2C(C)(C)O3)cc1. The number of benzene rings is 1. The van der Waals surface area contributed by atoms with Crippen molar-refractivity contribution >= 4 is 23.6 Å². The average molecular weight is 302 g/mol. The Morgan fingerprint density at radius 3 is 2.48 bits per heavy atom. The lowest BCUT2D eigenvalue weighted by molar-refractivity contribution is -0.206. The molecule has 2 heterocycles. The standard InChI is InChI=1S/C18H22O2S/c1-17(2)15-9-10-18(3,20-17)16(19)14(15)11-12-5-7-13(21-4)8-6-12/h5-8,11,15H,9-10H2,1-4H3/b14-11-. The van der Waals surface area contributed by atoms with Crippen molar-refractivity contribution in [2.45, 2.75) is 49.7 Å². The molecule has 2 atom stereocenters. The lowest BCUT2D eigenvalue weighted by Gasteiger charge is -2.53. The second-order valence-corrected chi connectivity index (χ2v) is 7.61. The molecule has 2 saturated heterocycles. The Kier molecular flexibility index (Phi) is 3.53. The summed E-state index contributed by atoms with van der Waals surface area (Å²) >= 11 is 1.73. The van der Waals surface area contributed by atoms with Crippen LogP contribution in [0, 0.1) is 5.92 Å². The highest BCUT2D eigenvalue weighted by atomic mass is 32.2. The summed E-state index contributed by atoms with van der Waals surface area (Å²) in [4.78, 5) is 14.0. The summed E-state index contributed by atoms with van der Waals surface area (Å²) in [7, 11) is 0. The Bertz CT molecular complexity index is 600. The van der Waals surface area contributed by atoms with Crippen LogP contribution in [0.4, 0.5) is 0 Å². The van der Waals surface area contributed by atoms with E-state index < -0.39 is 5.60 Å². The summed E-state index contributed by atoms with van der Waals surface area (Å²) in [6.45, 7) is 6.15. The molecule has 3 aliphatic rings. The summed E-state index contributed by atoms with van der Waals surface area (Å²) in [5.74, 6) is 0.374. The summed E-state index contributed by atoms with van der Waals surface area (Å²) in [6, 6.07) is 8.38. The predicted octanol–water partition coefficient (Wildman–Crippen LogP) is 4.34. The van der Waals surface area contributed by atoms with Gasteiger partial charge in [-0.05, 0) is 63.6 Å². The maximum atomic E-state index is 12.7. The zero-order valence-electron chi connectivity index (χ0n) is 13.1. The molecule has 0 amide bonds. The molecule has 0 N–H and O–H groups in total. The van der Waals surface area contributed by atoms with Crippen LogP contribution >= 0.6 is 11.8 Å². The molecule has 2 unspecified atom stereocenters. The number of ketones is 1. The highest BCUT2D eigenvalue weighted by Gasteiger charge is 2.56. The third-order valence-electron chi connectivity index (χ3n) is 4.79. The van der Waals surface area contributed by atoms with Gasteiger partial charge in [-0.2, -0.15) is 0 Å². The van der Waals surface area contributed by atoms with E-state index >= 15 is 0 Å². The molecule has 21 heavy (non-hydrogen) atoms. The van der Waals surface area contributed by atoms with E-state index in [-0.39, 0.29) is 17.3 Å². The van der Waals surface area contributed by atoms with E-state index in [4.69, 9.17) is 4.74 Å². The van der Waals surface area contributed by atoms with Crippen LogP contribution in [-0.2, 0) is 9.53 Å². The van der Waals surface area contributed by atoms with Crippen LogP contribution in [0.5, 0.6) is 0 Å². The second kappa shape index (κ2) is 4.99. The number of hydrogen-bond acceptors (Lipinski definition) is 3. The molecule has 3 heteroatoms. The van der Waals surface area contributed by atoms with E-state index in [1.54, 1.807) is 11.8 Å². The highest BCUT2D eigenvalue weighted by molar-refractivity contribution is 7.98. The molecule has 0 aromatic heterocycles. The van der Waals surface area contributed by atoms with E-state index in [2.05, 4.69) is 50.4 Å². The average Bonchev–Trinajstić information content (AvgIpc) is 2.43. The first-order valence-corrected chi connectivity index (χ1v) is 8.69. The van der Waals surface area contributed by atoms with E-state index in [0.29, 0.717) is 0 Å². The van der Waals surface area contributed by atoms with E-state index in [1.807, 2.05) is 6.92 Å². The van der Waals surface area contributed by atoms with Crippen LogP contribution in [0.1, 0.15) is 39.2 Å². The van der Waals surface area contributed by atoms with Crippen molar-refractivity contribution in [3.8, 4) is 0 Å². The van der Waals surface area contributed by atoms with Gasteiger partial charge in [0, 0.05) is 16.4 Å². The second-order valence-electron chi connectivity index (χ2n) is 6.73. The topological polar surface area (TPSA) is 26.3 Å². The van der Waals surface area contributed by atoms with E-state index in [1.165, 1.54) is 4.90 Å². The van der Waals surface area contributed by atoms with Gasteiger partial charge in [0.1, 0.15) is 5.60 Å². The van der Waals surface area contributed by atoms with Gasteiger partial charge in [-0.15, -0.1) is 11.8 Å². The van der Waals surface area contributed by atoms with Gasteiger partial charge in [-0.25, -0.2) is 0 Å². The van der Waals surface area contributed by atoms with Crippen molar-refractivity contribution < 1.29 is 9.53 Å². The Morgan fingerprint density at radius 2 is 1.90 bits per heavy atom. The minimum Gasteiger partial charge on any atom is -0.361 e. The smallest absolute Gasteiger partial charge is 0.190 e. The molecule has 0 radical (unpaired) electrons. The van der Waals surface area contributed by atoms with Crippen LogP contribution in [0.3, 0.4) is 0 Å². The maximum absolute atomic E-state index is 12.7. The molecule has 1 saturated carbocycles. The quantitative estimate of drug-likeness (QED) is 0.600. The maximum Gasteiger partial charge on any atom is 0.190 e. The Hall–Kier alpha value is -1.06. The van der Waals surface area contributed by atoms with Crippen LogP contribution in [-0.4, -0.2) is 23.2 Å². The minimum atomic E-state index is -0.636. The van der Waals surface area contributed by atoms with Gasteiger partial charge in [0.05, 0.1) is 5.60 Å². The van der Waals surface area contributed by atoms with Crippen molar-refractivity contribution in [2.24, 2.45) is 5.92 Å². The van der Waals surface area contributed by atoms with Crippen molar-refractivity contribution in [1.82, 2.24) is 0 Å². The lowest BCUT2D eigenvalue weighted by atomic mass is 9.65.